The highest BCUT2D eigenvalue weighted by atomic mass is 16.2. The first-order valence-electron chi connectivity index (χ1n) is 7.27. The van der Waals surface area contributed by atoms with Gasteiger partial charge in [0.25, 0.3) is 0 Å². The second-order valence-corrected chi connectivity index (χ2v) is 5.41. The molecule has 0 aromatic heterocycles. The summed E-state index contributed by atoms with van der Waals surface area (Å²) in [7, 11) is 0. The molecular formula is C18H22N2O. The standard InChI is InChI=1S/C18H22N2O/c1-18(19,16-12-6-3-7-13-16)17(21)20-14-8-11-15-9-4-2-5-10-15/h2-7,9-10,12-13H,8,11,14,19H2,1H3,(H,20,21). The Morgan fingerprint density at radius 3 is 2.24 bits per heavy atom. The van der Waals surface area contributed by atoms with Crippen molar-refractivity contribution in [3.05, 3.63) is 71.8 Å². The monoisotopic (exact) mass is 282 g/mol. The number of hydrogen-bond donors (Lipinski definition) is 2. The summed E-state index contributed by atoms with van der Waals surface area (Å²) >= 11 is 0. The Bertz CT molecular complexity index is 564. The third kappa shape index (κ3) is 4.17. The molecule has 2 aromatic carbocycles. The molecule has 3 N–H and O–H groups in total. The number of benzene rings is 2. The molecule has 0 fully saturated rings. The van der Waals surface area contributed by atoms with Gasteiger partial charge in [0, 0.05) is 6.54 Å². The summed E-state index contributed by atoms with van der Waals surface area (Å²) < 4.78 is 0. The first kappa shape index (κ1) is 15.3. The minimum absolute atomic E-state index is 0.137. The van der Waals surface area contributed by atoms with Gasteiger partial charge in [-0.3, -0.25) is 4.79 Å². The highest BCUT2D eigenvalue weighted by Crippen LogP contribution is 2.17. The molecule has 0 heterocycles. The maximum Gasteiger partial charge on any atom is 0.244 e. The van der Waals surface area contributed by atoms with E-state index in [1.54, 1.807) is 6.92 Å². The van der Waals surface area contributed by atoms with Crippen molar-refractivity contribution in [3.63, 3.8) is 0 Å². The zero-order chi connectivity index (χ0) is 15.1. The van der Waals surface area contributed by atoms with Crippen LogP contribution in [-0.4, -0.2) is 12.5 Å². The first-order valence-corrected chi connectivity index (χ1v) is 7.27. The van der Waals surface area contributed by atoms with Crippen molar-refractivity contribution in [2.75, 3.05) is 6.54 Å². The molecule has 0 bridgehead atoms. The van der Waals surface area contributed by atoms with E-state index in [4.69, 9.17) is 5.73 Å². The predicted molar refractivity (Wildman–Crippen MR) is 85.8 cm³/mol. The minimum Gasteiger partial charge on any atom is -0.354 e. The van der Waals surface area contributed by atoms with Crippen LogP contribution in [0.4, 0.5) is 0 Å². The average molecular weight is 282 g/mol. The first-order chi connectivity index (χ1) is 10.1. The van der Waals surface area contributed by atoms with Crippen LogP contribution in [0.2, 0.25) is 0 Å². The Morgan fingerprint density at radius 2 is 1.62 bits per heavy atom. The van der Waals surface area contributed by atoms with Gasteiger partial charge in [0.05, 0.1) is 0 Å². The fraction of sp³-hybridized carbons (Fsp3) is 0.278. The van der Waals surface area contributed by atoms with Gasteiger partial charge in [-0.1, -0.05) is 60.7 Å². The minimum atomic E-state index is -0.992. The van der Waals surface area contributed by atoms with Crippen molar-refractivity contribution in [1.82, 2.24) is 5.32 Å². The second kappa shape index (κ2) is 7.04. The van der Waals surface area contributed by atoms with Crippen LogP contribution in [0.15, 0.2) is 60.7 Å². The maximum atomic E-state index is 12.2. The van der Waals surface area contributed by atoms with Crippen LogP contribution in [0.25, 0.3) is 0 Å². The van der Waals surface area contributed by atoms with Gasteiger partial charge in [0.2, 0.25) is 5.91 Å². The van der Waals surface area contributed by atoms with E-state index >= 15 is 0 Å². The summed E-state index contributed by atoms with van der Waals surface area (Å²) in [4.78, 5) is 12.2. The van der Waals surface area contributed by atoms with Crippen LogP contribution in [0.1, 0.15) is 24.5 Å². The summed E-state index contributed by atoms with van der Waals surface area (Å²) in [5.41, 5.74) is 7.28. The van der Waals surface area contributed by atoms with Crippen LogP contribution in [0, 0.1) is 0 Å². The van der Waals surface area contributed by atoms with Crippen LogP contribution >= 0.6 is 0 Å². The zero-order valence-corrected chi connectivity index (χ0v) is 12.4. The van der Waals surface area contributed by atoms with E-state index in [-0.39, 0.29) is 5.91 Å². The molecule has 2 aromatic rings. The van der Waals surface area contributed by atoms with Crippen LogP contribution in [0.3, 0.4) is 0 Å². The van der Waals surface area contributed by atoms with Crippen molar-refractivity contribution < 1.29 is 4.79 Å². The average Bonchev–Trinajstić information content (AvgIpc) is 2.53. The summed E-state index contributed by atoms with van der Waals surface area (Å²) in [5, 5.41) is 2.93. The zero-order valence-electron chi connectivity index (χ0n) is 12.4. The number of carbonyl (C=O) groups is 1. The lowest BCUT2D eigenvalue weighted by Gasteiger charge is -2.24. The molecule has 110 valence electrons. The second-order valence-electron chi connectivity index (χ2n) is 5.41. The van der Waals surface area contributed by atoms with Gasteiger partial charge >= 0.3 is 0 Å². The number of hydrogen-bond acceptors (Lipinski definition) is 2. The number of rotatable bonds is 6. The highest BCUT2D eigenvalue weighted by molar-refractivity contribution is 5.86. The van der Waals surface area contributed by atoms with Crippen LogP contribution < -0.4 is 11.1 Å². The lowest BCUT2D eigenvalue weighted by atomic mass is 9.92. The maximum absolute atomic E-state index is 12.2. The number of nitrogens with one attached hydrogen (secondary N) is 1. The molecule has 0 radical (unpaired) electrons. The summed E-state index contributed by atoms with van der Waals surface area (Å²) in [6.07, 6.45) is 1.86. The van der Waals surface area contributed by atoms with Crippen LogP contribution in [-0.2, 0) is 16.8 Å². The lowest BCUT2D eigenvalue weighted by molar-refractivity contribution is -0.126. The third-order valence-corrected chi connectivity index (χ3v) is 3.62. The summed E-state index contributed by atoms with van der Waals surface area (Å²) in [6, 6.07) is 19.7. The Hall–Kier alpha value is -2.13. The number of nitrogens with two attached hydrogens (primary N) is 1. The molecule has 21 heavy (non-hydrogen) atoms. The van der Waals surface area contributed by atoms with E-state index in [1.807, 2.05) is 48.5 Å². The normalized spacial score (nSPS) is 13.4. The Labute approximate surface area is 126 Å². The van der Waals surface area contributed by atoms with Gasteiger partial charge in [0.15, 0.2) is 0 Å². The molecule has 1 amide bonds. The van der Waals surface area contributed by atoms with Crippen molar-refractivity contribution in [3.8, 4) is 0 Å². The van der Waals surface area contributed by atoms with Crippen molar-refractivity contribution in [2.45, 2.75) is 25.3 Å². The summed E-state index contributed by atoms with van der Waals surface area (Å²) in [5.74, 6) is -0.137. The van der Waals surface area contributed by atoms with E-state index < -0.39 is 5.54 Å². The fourth-order valence-electron chi connectivity index (χ4n) is 2.24. The van der Waals surface area contributed by atoms with Gasteiger partial charge < -0.3 is 11.1 Å². The largest absolute Gasteiger partial charge is 0.354 e. The molecular weight excluding hydrogens is 260 g/mol. The van der Waals surface area contributed by atoms with Gasteiger partial charge in [-0.2, -0.15) is 0 Å². The molecule has 2 rings (SSSR count). The third-order valence-electron chi connectivity index (χ3n) is 3.62. The van der Waals surface area contributed by atoms with E-state index in [9.17, 15) is 4.79 Å². The number of amides is 1. The Balaban J connectivity index is 1.82. The van der Waals surface area contributed by atoms with E-state index in [2.05, 4.69) is 17.4 Å². The number of carbonyl (C=O) groups excluding carboxylic acids is 1. The van der Waals surface area contributed by atoms with E-state index in [0.29, 0.717) is 6.54 Å². The molecule has 0 spiro atoms. The van der Waals surface area contributed by atoms with E-state index in [0.717, 1.165) is 18.4 Å². The summed E-state index contributed by atoms with van der Waals surface area (Å²) in [6.45, 7) is 2.38. The lowest BCUT2D eigenvalue weighted by Crippen LogP contribution is -2.49. The molecule has 3 nitrogen and oxygen atoms in total. The molecule has 0 aliphatic heterocycles. The molecule has 0 aliphatic rings. The molecule has 0 saturated carbocycles. The quantitative estimate of drug-likeness (QED) is 0.800. The van der Waals surface area contributed by atoms with Crippen molar-refractivity contribution >= 4 is 5.91 Å². The molecule has 0 aliphatic carbocycles. The van der Waals surface area contributed by atoms with Crippen molar-refractivity contribution in [2.24, 2.45) is 5.73 Å². The topological polar surface area (TPSA) is 55.1 Å². The highest BCUT2D eigenvalue weighted by Gasteiger charge is 2.29. The fourth-order valence-corrected chi connectivity index (χ4v) is 2.24. The predicted octanol–water partition coefficient (Wildman–Crippen LogP) is 2.61. The molecule has 0 saturated heterocycles. The molecule has 3 heteroatoms. The van der Waals surface area contributed by atoms with Crippen molar-refractivity contribution in [1.29, 1.82) is 0 Å². The van der Waals surface area contributed by atoms with E-state index in [1.165, 1.54) is 5.56 Å². The number of aryl methyl sites for hydroxylation is 1. The smallest absolute Gasteiger partial charge is 0.244 e. The Morgan fingerprint density at radius 1 is 1.05 bits per heavy atom. The van der Waals surface area contributed by atoms with Gasteiger partial charge in [-0.25, -0.2) is 0 Å². The van der Waals surface area contributed by atoms with Crippen LogP contribution in [0.5, 0.6) is 0 Å². The molecule has 1 atom stereocenters. The van der Waals surface area contributed by atoms with Gasteiger partial charge in [-0.15, -0.1) is 0 Å². The van der Waals surface area contributed by atoms with Gasteiger partial charge in [0.1, 0.15) is 5.54 Å². The van der Waals surface area contributed by atoms with Gasteiger partial charge in [-0.05, 0) is 30.9 Å². The SMILES string of the molecule is CC(N)(C(=O)NCCCc1ccccc1)c1ccccc1. The molecule has 1 unspecified atom stereocenters. The Kier molecular flexibility index (Phi) is 5.12.